The monoisotopic (exact) mass is 388 g/mol. The van der Waals surface area contributed by atoms with E-state index in [9.17, 15) is 13.2 Å². The van der Waals surface area contributed by atoms with Gasteiger partial charge in [-0.2, -0.15) is 5.10 Å². The number of carbonyl (C=O) groups is 1. The predicted molar refractivity (Wildman–Crippen MR) is 104 cm³/mol. The SMILES string of the molecule is O=C(Nc1ccnn1C1CCCCC1)c1ccc(N2CCCS2(=O)=O)cc1. The Labute approximate surface area is 159 Å². The van der Waals surface area contributed by atoms with Crippen LogP contribution in [0.4, 0.5) is 11.5 Å². The third-order valence-electron chi connectivity index (χ3n) is 5.35. The summed E-state index contributed by atoms with van der Waals surface area (Å²) < 4.78 is 27.4. The maximum absolute atomic E-state index is 12.6. The van der Waals surface area contributed by atoms with Gasteiger partial charge < -0.3 is 5.32 Å². The molecule has 144 valence electrons. The fraction of sp³-hybridized carbons (Fsp3) is 0.474. The van der Waals surface area contributed by atoms with E-state index >= 15 is 0 Å². The molecule has 2 heterocycles. The second kappa shape index (κ2) is 7.34. The van der Waals surface area contributed by atoms with Crippen molar-refractivity contribution in [3.63, 3.8) is 0 Å². The second-order valence-electron chi connectivity index (χ2n) is 7.20. The van der Waals surface area contributed by atoms with Gasteiger partial charge in [-0.25, -0.2) is 13.1 Å². The lowest BCUT2D eigenvalue weighted by Gasteiger charge is -2.24. The standard InChI is InChI=1S/C19H24N4O3S/c24-19(21-18-11-12-20-23(18)17-5-2-1-3-6-17)15-7-9-16(10-8-15)22-13-4-14-27(22,25)26/h7-12,17H,1-6,13-14H2,(H,21,24). The Morgan fingerprint density at radius 2 is 1.78 bits per heavy atom. The van der Waals surface area contributed by atoms with Gasteiger partial charge in [-0.05, 0) is 43.5 Å². The molecule has 0 spiro atoms. The van der Waals surface area contributed by atoms with Crippen LogP contribution in [0.15, 0.2) is 36.5 Å². The molecule has 1 saturated heterocycles. The van der Waals surface area contributed by atoms with Crippen LogP contribution in [0.2, 0.25) is 0 Å². The quantitative estimate of drug-likeness (QED) is 0.872. The van der Waals surface area contributed by atoms with E-state index in [1.165, 1.54) is 23.6 Å². The minimum atomic E-state index is -3.21. The minimum Gasteiger partial charge on any atom is -0.307 e. The number of hydrogen-bond donors (Lipinski definition) is 1. The van der Waals surface area contributed by atoms with Crippen molar-refractivity contribution in [2.45, 2.75) is 44.6 Å². The average Bonchev–Trinajstić information content (AvgIpc) is 3.28. The zero-order chi connectivity index (χ0) is 18.9. The molecule has 4 rings (SSSR count). The van der Waals surface area contributed by atoms with E-state index in [0.717, 1.165) is 12.8 Å². The molecule has 1 aliphatic heterocycles. The maximum Gasteiger partial charge on any atom is 0.256 e. The molecule has 7 nitrogen and oxygen atoms in total. The fourth-order valence-corrected chi connectivity index (χ4v) is 5.49. The number of rotatable bonds is 4. The Bertz CT molecular complexity index is 915. The summed E-state index contributed by atoms with van der Waals surface area (Å²) in [6, 6.07) is 8.87. The lowest BCUT2D eigenvalue weighted by Crippen LogP contribution is -2.25. The van der Waals surface area contributed by atoms with Crippen LogP contribution in [0.5, 0.6) is 0 Å². The van der Waals surface area contributed by atoms with E-state index in [0.29, 0.717) is 36.1 Å². The lowest BCUT2D eigenvalue weighted by atomic mass is 9.96. The fourth-order valence-electron chi connectivity index (χ4n) is 3.93. The van der Waals surface area contributed by atoms with Crippen LogP contribution in [0, 0.1) is 0 Å². The van der Waals surface area contributed by atoms with Gasteiger partial charge in [0.2, 0.25) is 10.0 Å². The molecule has 0 atom stereocenters. The van der Waals surface area contributed by atoms with Crippen molar-refractivity contribution in [1.82, 2.24) is 9.78 Å². The van der Waals surface area contributed by atoms with Gasteiger partial charge in [0.05, 0.1) is 23.7 Å². The van der Waals surface area contributed by atoms with Gasteiger partial charge in [0, 0.05) is 18.2 Å². The summed E-state index contributed by atoms with van der Waals surface area (Å²) >= 11 is 0. The zero-order valence-corrected chi connectivity index (χ0v) is 16.0. The van der Waals surface area contributed by atoms with E-state index in [2.05, 4.69) is 10.4 Å². The van der Waals surface area contributed by atoms with Crippen molar-refractivity contribution in [2.24, 2.45) is 0 Å². The molecule has 1 saturated carbocycles. The molecule has 1 amide bonds. The first-order valence-corrected chi connectivity index (χ1v) is 11.1. The number of nitrogens with zero attached hydrogens (tertiary/aromatic N) is 3. The highest BCUT2D eigenvalue weighted by molar-refractivity contribution is 7.93. The van der Waals surface area contributed by atoms with E-state index in [-0.39, 0.29) is 11.7 Å². The van der Waals surface area contributed by atoms with Crippen molar-refractivity contribution in [3.05, 3.63) is 42.1 Å². The van der Waals surface area contributed by atoms with Gasteiger partial charge in [0.15, 0.2) is 0 Å². The molecular weight excluding hydrogens is 364 g/mol. The molecule has 0 bridgehead atoms. The molecule has 2 fully saturated rings. The average molecular weight is 388 g/mol. The normalized spacial score (nSPS) is 19.9. The van der Waals surface area contributed by atoms with E-state index in [1.54, 1.807) is 30.5 Å². The van der Waals surface area contributed by atoms with Gasteiger partial charge in [-0.15, -0.1) is 0 Å². The first-order chi connectivity index (χ1) is 13.0. The third kappa shape index (κ3) is 3.71. The highest BCUT2D eigenvalue weighted by Crippen LogP contribution is 2.30. The van der Waals surface area contributed by atoms with Crippen LogP contribution in [-0.2, 0) is 10.0 Å². The number of nitrogens with one attached hydrogen (secondary N) is 1. The van der Waals surface area contributed by atoms with Crippen LogP contribution in [-0.4, -0.2) is 36.4 Å². The van der Waals surface area contributed by atoms with E-state index < -0.39 is 10.0 Å². The zero-order valence-electron chi connectivity index (χ0n) is 15.2. The Morgan fingerprint density at radius 3 is 2.44 bits per heavy atom. The van der Waals surface area contributed by atoms with Gasteiger partial charge in [-0.1, -0.05) is 19.3 Å². The number of amides is 1. The van der Waals surface area contributed by atoms with E-state index in [1.807, 2.05) is 10.7 Å². The van der Waals surface area contributed by atoms with Crippen LogP contribution >= 0.6 is 0 Å². The first kappa shape index (κ1) is 18.0. The summed E-state index contributed by atoms with van der Waals surface area (Å²) in [7, 11) is -3.21. The van der Waals surface area contributed by atoms with Gasteiger partial charge in [0.25, 0.3) is 5.91 Å². The lowest BCUT2D eigenvalue weighted by molar-refractivity contribution is 0.102. The van der Waals surface area contributed by atoms with E-state index in [4.69, 9.17) is 0 Å². The van der Waals surface area contributed by atoms with Crippen molar-refractivity contribution >= 4 is 27.4 Å². The summed E-state index contributed by atoms with van der Waals surface area (Å²) in [5, 5.41) is 7.34. The molecule has 1 aromatic heterocycles. The molecule has 27 heavy (non-hydrogen) atoms. The summed E-state index contributed by atoms with van der Waals surface area (Å²) in [4.78, 5) is 12.6. The maximum atomic E-state index is 12.6. The summed E-state index contributed by atoms with van der Waals surface area (Å²) in [6.45, 7) is 0.494. The minimum absolute atomic E-state index is 0.181. The molecular formula is C19H24N4O3S. The van der Waals surface area contributed by atoms with Crippen molar-refractivity contribution in [3.8, 4) is 0 Å². The first-order valence-electron chi connectivity index (χ1n) is 9.50. The molecule has 1 aromatic carbocycles. The number of aromatic nitrogens is 2. The number of hydrogen-bond acceptors (Lipinski definition) is 4. The second-order valence-corrected chi connectivity index (χ2v) is 9.21. The van der Waals surface area contributed by atoms with Crippen LogP contribution in [0.25, 0.3) is 0 Å². The number of carbonyl (C=O) groups excluding carboxylic acids is 1. The number of benzene rings is 1. The largest absolute Gasteiger partial charge is 0.307 e. The summed E-state index contributed by atoms with van der Waals surface area (Å²) in [5.41, 5.74) is 1.10. The molecule has 2 aromatic rings. The molecule has 0 unspecified atom stereocenters. The highest BCUT2D eigenvalue weighted by Gasteiger charge is 2.28. The molecule has 1 N–H and O–H groups in total. The molecule has 2 aliphatic rings. The Hall–Kier alpha value is -2.35. The van der Waals surface area contributed by atoms with Gasteiger partial charge in [0.1, 0.15) is 5.82 Å². The van der Waals surface area contributed by atoms with Crippen molar-refractivity contribution in [1.29, 1.82) is 0 Å². The third-order valence-corrected chi connectivity index (χ3v) is 7.22. The number of sulfonamides is 1. The molecule has 0 radical (unpaired) electrons. The summed E-state index contributed by atoms with van der Waals surface area (Å²) in [5.74, 6) is 0.668. The predicted octanol–water partition coefficient (Wildman–Crippen LogP) is 3.18. The van der Waals surface area contributed by atoms with Crippen LogP contribution < -0.4 is 9.62 Å². The summed E-state index contributed by atoms with van der Waals surface area (Å²) in [6.07, 6.45) is 8.17. The number of anilines is 2. The highest BCUT2D eigenvalue weighted by atomic mass is 32.2. The van der Waals surface area contributed by atoms with Crippen molar-refractivity contribution < 1.29 is 13.2 Å². The van der Waals surface area contributed by atoms with Gasteiger partial charge >= 0.3 is 0 Å². The topological polar surface area (TPSA) is 84.3 Å². The molecule has 1 aliphatic carbocycles. The Kier molecular flexibility index (Phi) is 4.90. The smallest absolute Gasteiger partial charge is 0.256 e. The van der Waals surface area contributed by atoms with Crippen LogP contribution in [0.1, 0.15) is 54.9 Å². The Balaban J connectivity index is 1.47. The molecule has 8 heteroatoms. The Morgan fingerprint density at radius 1 is 1.04 bits per heavy atom. The van der Waals surface area contributed by atoms with Crippen LogP contribution in [0.3, 0.4) is 0 Å². The van der Waals surface area contributed by atoms with Gasteiger partial charge in [-0.3, -0.25) is 9.10 Å². The van der Waals surface area contributed by atoms with Crippen molar-refractivity contribution in [2.75, 3.05) is 21.9 Å².